The van der Waals surface area contributed by atoms with Crippen LogP contribution in [0.5, 0.6) is 0 Å². The van der Waals surface area contributed by atoms with Crippen LogP contribution >= 0.6 is 15.9 Å². The maximum absolute atomic E-state index is 14.3. The van der Waals surface area contributed by atoms with E-state index in [2.05, 4.69) is 36.1 Å². The summed E-state index contributed by atoms with van der Waals surface area (Å²) in [6.45, 7) is 4.57. The molecular formula is C22H25BrFN5O2. The Labute approximate surface area is 189 Å². The van der Waals surface area contributed by atoms with Crippen molar-refractivity contribution in [1.82, 2.24) is 20.2 Å². The average molecular weight is 490 g/mol. The molecule has 1 unspecified atom stereocenters. The quantitative estimate of drug-likeness (QED) is 0.631. The molecule has 2 heterocycles. The molecule has 2 aromatic rings. The minimum absolute atomic E-state index is 0.0126. The number of fused-ring (bicyclic) bond motifs is 1. The smallest absolute Gasteiger partial charge is 0.232 e. The van der Waals surface area contributed by atoms with Crippen LogP contribution in [-0.2, 0) is 9.59 Å². The maximum Gasteiger partial charge on any atom is 0.232 e. The number of nitrogens with one attached hydrogen (secondary N) is 1. The van der Waals surface area contributed by atoms with Gasteiger partial charge in [-0.15, -0.1) is 0 Å². The lowest BCUT2D eigenvalue weighted by Gasteiger charge is -2.38. The van der Waals surface area contributed by atoms with E-state index in [1.54, 1.807) is 0 Å². The van der Waals surface area contributed by atoms with Gasteiger partial charge in [-0.2, -0.15) is 0 Å². The van der Waals surface area contributed by atoms with Crippen molar-refractivity contribution in [2.75, 3.05) is 37.6 Å². The molecule has 2 amide bonds. The number of carbonyl (C=O) groups excluding carboxylic acids is 2. The van der Waals surface area contributed by atoms with E-state index in [4.69, 9.17) is 0 Å². The number of nitrogens with zero attached hydrogens (tertiary/aromatic N) is 4. The zero-order valence-corrected chi connectivity index (χ0v) is 18.9. The van der Waals surface area contributed by atoms with E-state index < -0.39 is 12.1 Å². The second-order valence-corrected chi connectivity index (χ2v) is 8.96. The first-order valence-corrected chi connectivity index (χ1v) is 11.2. The third kappa shape index (κ3) is 4.42. The third-order valence-electron chi connectivity index (χ3n) is 6.11. The summed E-state index contributed by atoms with van der Waals surface area (Å²) in [5.74, 6) is 0.413. The minimum Gasteiger partial charge on any atom is -0.358 e. The molecule has 7 nitrogen and oxygen atoms in total. The number of hydrogen-bond acceptors (Lipinski definition) is 5. The summed E-state index contributed by atoms with van der Waals surface area (Å²) >= 11 is 3.41. The van der Waals surface area contributed by atoms with Crippen molar-refractivity contribution in [2.24, 2.45) is 0 Å². The van der Waals surface area contributed by atoms with Crippen LogP contribution in [0.3, 0.4) is 0 Å². The predicted octanol–water partition coefficient (Wildman–Crippen LogP) is 2.94. The first-order valence-electron chi connectivity index (χ1n) is 10.4. The fourth-order valence-corrected chi connectivity index (χ4v) is 4.75. The van der Waals surface area contributed by atoms with Crippen molar-refractivity contribution in [3.8, 4) is 0 Å². The van der Waals surface area contributed by atoms with E-state index in [0.29, 0.717) is 44.7 Å². The summed E-state index contributed by atoms with van der Waals surface area (Å²) in [7, 11) is 0. The van der Waals surface area contributed by atoms with Gasteiger partial charge in [-0.25, -0.2) is 14.4 Å². The summed E-state index contributed by atoms with van der Waals surface area (Å²) in [5.41, 5.74) is 2.27. The van der Waals surface area contributed by atoms with Gasteiger partial charge < -0.3 is 15.1 Å². The number of alkyl halides is 1. The molecule has 9 heteroatoms. The number of hydrogen-bond donors (Lipinski definition) is 1. The molecule has 0 radical (unpaired) electrons. The first-order chi connectivity index (χ1) is 15.0. The second-order valence-electron chi connectivity index (χ2n) is 8.04. The molecule has 1 aromatic heterocycles. The lowest BCUT2D eigenvalue weighted by Crippen LogP contribution is -2.51. The van der Waals surface area contributed by atoms with Crippen LogP contribution in [0.1, 0.15) is 48.2 Å². The summed E-state index contributed by atoms with van der Waals surface area (Å²) < 4.78 is 15.2. The fourth-order valence-electron chi connectivity index (χ4n) is 4.48. The van der Waals surface area contributed by atoms with Crippen LogP contribution in [0, 0.1) is 0 Å². The SMILES string of the molecule is C[C@@H]1C[C@@H](F)c2ncnc(N3CCN(C(=O)C(CNC=O)c4ccc(Br)cc4)CC3)c21. The van der Waals surface area contributed by atoms with Gasteiger partial charge in [-0.3, -0.25) is 9.59 Å². The lowest BCUT2D eigenvalue weighted by molar-refractivity contribution is -0.133. The van der Waals surface area contributed by atoms with Gasteiger partial charge >= 0.3 is 0 Å². The first kappa shape index (κ1) is 21.7. The molecule has 0 bridgehead atoms. The van der Waals surface area contributed by atoms with Crippen molar-refractivity contribution in [1.29, 1.82) is 0 Å². The van der Waals surface area contributed by atoms with E-state index in [9.17, 15) is 14.0 Å². The number of anilines is 1. The number of aromatic nitrogens is 2. The number of benzene rings is 1. The molecule has 4 rings (SSSR count). The topological polar surface area (TPSA) is 78.4 Å². The molecule has 0 saturated carbocycles. The van der Waals surface area contributed by atoms with Crippen molar-refractivity contribution in [3.05, 3.63) is 51.9 Å². The van der Waals surface area contributed by atoms with Gasteiger partial charge in [0.2, 0.25) is 12.3 Å². The van der Waals surface area contributed by atoms with Gasteiger partial charge in [-0.1, -0.05) is 35.0 Å². The number of halogens is 2. The Hall–Kier alpha value is -2.55. The van der Waals surface area contributed by atoms with Gasteiger partial charge in [0.25, 0.3) is 0 Å². The Morgan fingerprint density at radius 1 is 1.26 bits per heavy atom. The highest BCUT2D eigenvalue weighted by atomic mass is 79.9. The average Bonchev–Trinajstić information content (AvgIpc) is 3.09. The fraction of sp³-hybridized carbons (Fsp3) is 0.455. The van der Waals surface area contributed by atoms with Gasteiger partial charge in [0.15, 0.2) is 0 Å². The lowest BCUT2D eigenvalue weighted by atomic mass is 9.97. The number of carbonyl (C=O) groups is 2. The Bertz CT molecular complexity index is 949. The van der Waals surface area contributed by atoms with Crippen LogP contribution in [0.2, 0.25) is 0 Å². The molecule has 1 fully saturated rings. The van der Waals surface area contributed by atoms with Gasteiger partial charge in [0, 0.05) is 42.8 Å². The molecule has 31 heavy (non-hydrogen) atoms. The highest BCUT2D eigenvalue weighted by Gasteiger charge is 2.35. The van der Waals surface area contributed by atoms with Crippen LogP contribution in [0.15, 0.2) is 35.1 Å². The molecule has 1 N–H and O–H groups in total. The van der Waals surface area contributed by atoms with E-state index in [1.165, 1.54) is 6.33 Å². The predicted molar refractivity (Wildman–Crippen MR) is 119 cm³/mol. The standard InChI is InChI=1S/C22H25BrFN5O2/c1-14-10-18(24)20-19(14)21(27-12-26-20)28-6-8-29(9-7-28)22(31)17(11-25-13-30)15-2-4-16(23)5-3-15/h2-5,12-14,17-18H,6-11H2,1H3,(H,25,30)/t14-,17?,18-/m1/s1. The second kappa shape index (κ2) is 9.30. The normalized spacial score (nSPS) is 21.5. The number of piperazine rings is 1. The minimum atomic E-state index is -1.04. The van der Waals surface area contributed by atoms with Gasteiger partial charge in [0.05, 0.1) is 11.6 Å². The summed E-state index contributed by atoms with van der Waals surface area (Å²) in [6.07, 6.45) is 1.46. The molecule has 0 spiro atoms. The van der Waals surface area contributed by atoms with Gasteiger partial charge in [-0.05, 0) is 30.0 Å². The zero-order valence-electron chi connectivity index (χ0n) is 17.3. The van der Waals surface area contributed by atoms with Crippen molar-refractivity contribution < 1.29 is 14.0 Å². The van der Waals surface area contributed by atoms with Crippen molar-refractivity contribution in [2.45, 2.75) is 31.4 Å². The van der Waals surface area contributed by atoms with E-state index in [1.807, 2.05) is 36.1 Å². The molecule has 1 aliphatic heterocycles. The van der Waals surface area contributed by atoms with E-state index >= 15 is 0 Å². The Morgan fingerprint density at radius 2 is 1.97 bits per heavy atom. The molecule has 3 atom stereocenters. The van der Waals surface area contributed by atoms with E-state index in [-0.39, 0.29) is 18.4 Å². The number of amides is 2. The Kier molecular flexibility index (Phi) is 6.50. The molecule has 1 saturated heterocycles. The zero-order chi connectivity index (χ0) is 22.0. The maximum atomic E-state index is 14.3. The monoisotopic (exact) mass is 489 g/mol. The molecule has 1 aliphatic carbocycles. The van der Waals surface area contributed by atoms with Gasteiger partial charge in [0.1, 0.15) is 18.3 Å². The van der Waals surface area contributed by atoms with Crippen LogP contribution in [0.25, 0.3) is 0 Å². The van der Waals surface area contributed by atoms with Crippen LogP contribution < -0.4 is 10.2 Å². The summed E-state index contributed by atoms with van der Waals surface area (Å²) in [4.78, 5) is 36.7. The Morgan fingerprint density at radius 3 is 2.65 bits per heavy atom. The molecule has 1 aromatic carbocycles. The van der Waals surface area contributed by atoms with Crippen LogP contribution in [-0.4, -0.2) is 59.9 Å². The highest BCUT2D eigenvalue weighted by Crippen LogP contribution is 2.44. The largest absolute Gasteiger partial charge is 0.358 e. The Balaban J connectivity index is 1.47. The van der Waals surface area contributed by atoms with Crippen molar-refractivity contribution >= 4 is 34.1 Å². The summed E-state index contributed by atoms with van der Waals surface area (Å²) in [5, 5.41) is 2.65. The number of rotatable bonds is 6. The molecule has 2 aliphatic rings. The van der Waals surface area contributed by atoms with E-state index in [0.717, 1.165) is 21.4 Å². The molecule has 164 valence electrons. The third-order valence-corrected chi connectivity index (χ3v) is 6.64. The molecular weight excluding hydrogens is 465 g/mol. The van der Waals surface area contributed by atoms with Crippen molar-refractivity contribution in [3.63, 3.8) is 0 Å². The van der Waals surface area contributed by atoms with Crippen LogP contribution in [0.4, 0.5) is 10.2 Å². The summed E-state index contributed by atoms with van der Waals surface area (Å²) in [6, 6.07) is 7.58. The highest BCUT2D eigenvalue weighted by molar-refractivity contribution is 9.10.